The van der Waals surface area contributed by atoms with Crippen molar-refractivity contribution in [2.75, 3.05) is 32.7 Å². The average Bonchev–Trinajstić information content (AvgIpc) is 2.85. The van der Waals surface area contributed by atoms with Crippen LogP contribution >= 0.6 is 0 Å². The molecule has 0 spiro atoms. The van der Waals surface area contributed by atoms with E-state index in [4.69, 9.17) is 0 Å². The maximum Gasteiger partial charge on any atom is 0.255 e. The Bertz CT molecular complexity index is 626. The Hall–Kier alpha value is -1.88. The molecule has 1 aliphatic heterocycles. The Morgan fingerprint density at radius 3 is 2.65 bits per heavy atom. The van der Waals surface area contributed by atoms with Crippen LogP contribution in [-0.2, 0) is 0 Å². The molecule has 106 valence electrons. The Morgan fingerprint density at radius 1 is 1.20 bits per heavy atom. The maximum absolute atomic E-state index is 12.5. The zero-order chi connectivity index (χ0) is 14.1. The number of imidazole rings is 1. The topological polar surface area (TPSA) is 40.8 Å². The molecule has 2 aromatic heterocycles. The van der Waals surface area contributed by atoms with Crippen molar-refractivity contribution >= 4 is 11.6 Å². The molecular formula is C15H20N4O. The average molecular weight is 272 g/mol. The van der Waals surface area contributed by atoms with Crippen LogP contribution < -0.4 is 0 Å². The zero-order valence-corrected chi connectivity index (χ0v) is 12.0. The van der Waals surface area contributed by atoms with Crippen LogP contribution in [-0.4, -0.2) is 57.8 Å². The van der Waals surface area contributed by atoms with Gasteiger partial charge in [-0.2, -0.15) is 0 Å². The van der Waals surface area contributed by atoms with Crippen LogP contribution in [0.2, 0.25) is 0 Å². The second kappa shape index (κ2) is 5.25. The van der Waals surface area contributed by atoms with Crippen molar-refractivity contribution in [1.82, 2.24) is 19.2 Å². The minimum absolute atomic E-state index is 0.119. The summed E-state index contributed by atoms with van der Waals surface area (Å²) in [4.78, 5) is 21.2. The first-order valence-electron chi connectivity index (χ1n) is 7.14. The van der Waals surface area contributed by atoms with Crippen LogP contribution in [0.5, 0.6) is 0 Å². The molecule has 0 aromatic carbocycles. The lowest BCUT2D eigenvalue weighted by atomic mass is 10.2. The van der Waals surface area contributed by atoms with Gasteiger partial charge in [-0.1, -0.05) is 6.92 Å². The summed E-state index contributed by atoms with van der Waals surface area (Å²) in [6.07, 6.45) is 3.82. The summed E-state index contributed by atoms with van der Waals surface area (Å²) in [6, 6.07) is 3.78. The third-order valence-electron chi connectivity index (χ3n) is 3.93. The van der Waals surface area contributed by atoms with E-state index in [-0.39, 0.29) is 5.91 Å². The zero-order valence-electron chi connectivity index (χ0n) is 12.0. The third kappa shape index (κ3) is 2.41. The molecule has 5 nitrogen and oxygen atoms in total. The van der Waals surface area contributed by atoms with E-state index in [0.29, 0.717) is 0 Å². The van der Waals surface area contributed by atoms with Gasteiger partial charge in [0.05, 0.1) is 11.3 Å². The van der Waals surface area contributed by atoms with E-state index in [1.54, 1.807) is 0 Å². The second-order valence-electron chi connectivity index (χ2n) is 5.29. The van der Waals surface area contributed by atoms with Crippen molar-refractivity contribution < 1.29 is 4.79 Å². The lowest BCUT2D eigenvalue weighted by molar-refractivity contribution is 0.0643. The number of rotatable bonds is 2. The summed E-state index contributed by atoms with van der Waals surface area (Å²) in [5.74, 6) is 0.119. The highest BCUT2D eigenvalue weighted by molar-refractivity contribution is 5.94. The van der Waals surface area contributed by atoms with E-state index < -0.39 is 0 Å². The van der Waals surface area contributed by atoms with Crippen LogP contribution in [0.4, 0.5) is 0 Å². The number of carbonyl (C=O) groups is 1. The number of nitrogens with zero attached hydrogens (tertiary/aromatic N) is 4. The molecule has 1 aliphatic rings. The van der Waals surface area contributed by atoms with E-state index in [1.807, 2.05) is 40.8 Å². The number of hydrogen-bond donors (Lipinski definition) is 0. The first-order valence-corrected chi connectivity index (χ1v) is 7.14. The number of piperazine rings is 1. The molecule has 3 rings (SSSR count). The van der Waals surface area contributed by atoms with E-state index in [2.05, 4.69) is 16.8 Å². The molecule has 5 heteroatoms. The monoisotopic (exact) mass is 272 g/mol. The van der Waals surface area contributed by atoms with Gasteiger partial charge in [0, 0.05) is 38.6 Å². The number of carbonyl (C=O) groups excluding carboxylic acids is 1. The number of fused-ring (bicyclic) bond motifs is 1. The molecule has 0 unspecified atom stereocenters. The SMILES string of the molecule is CCN1CCN(C(=O)c2ccc3nc(C)cn3c2)CC1. The van der Waals surface area contributed by atoms with Crippen LogP contribution in [0.1, 0.15) is 23.0 Å². The van der Waals surface area contributed by atoms with Gasteiger partial charge in [-0.05, 0) is 25.6 Å². The molecule has 1 saturated heterocycles. The molecule has 1 fully saturated rings. The fourth-order valence-electron chi connectivity index (χ4n) is 2.69. The first-order chi connectivity index (χ1) is 9.67. The summed E-state index contributed by atoms with van der Waals surface area (Å²) in [5.41, 5.74) is 2.58. The molecule has 0 N–H and O–H groups in total. The molecule has 20 heavy (non-hydrogen) atoms. The standard InChI is InChI=1S/C15H20N4O/c1-3-17-6-8-18(9-7-17)15(20)13-4-5-14-16-12(2)10-19(14)11-13/h4-5,10-11H,3,6-9H2,1-2H3. The third-order valence-corrected chi connectivity index (χ3v) is 3.93. The van der Waals surface area contributed by atoms with Gasteiger partial charge in [-0.25, -0.2) is 4.98 Å². The van der Waals surface area contributed by atoms with Gasteiger partial charge < -0.3 is 14.2 Å². The minimum atomic E-state index is 0.119. The van der Waals surface area contributed by atoms with Crippen molar-refractivity contribution in [3.63, 3.8) is 0 Å². The van der Waals surface area contributed by atoms with E-state index in [1.165, 1.54) is 0 Å². The predicted octanol–water partition coefficient (Wildman–Crippen LogP) is 1.42. The largest absolute Gasteiger partial charge is 0.336 e. The Labute approximate surface area is 118 Å². The van der Waals surface area contributed by atoms with Crippen molar-refractivity contribution in [2.24, 2.45) is 0 Å². The van der Waals surface area contributed by atoms with Gasteiger partial charge in [-0.15, -0.1) is 0 Å². The summed E-state index contributed by atoms with van der Waals surface area (Å²) in [6.45, 7) is 8.73. The number of aryl methyl sites for hydroxylation is 1. The van der Waals surface area contributed by atoms with Crippen LogP contribution in [0.3, 0.4) is 0 Å². The molecule has 3 heterocycles. The van der Waals surface area contributed by atoms with Gasteiger partial charge in [0.25, 0.3) is 5.91 Å². The van der Waals surface area contributed by atoms with E-state index in [0.717, 1.165) is 49.6 Å². The lowest BCUT2D eigenvalue weighted by Crippen LogP contribution is -2.48. The number of aromatic nitrogens is 2. The summed E-state index contributed by atoms with van der Waals surface area (Å²) in [5, 5.41) is 0. The molecule has 0 radical (unpaired) electrons. The molecule has 0 bridgehead atoms. The van der Waals surface area contributed by atoms with Crippen LogP contribution in [0.25, 0.3) is 5.65 Å². The van der Waals surface area contributed by atoms with Crippen LogP contribution in [0.15, 0.2) is 24.5 Å². The highest BCUT2D eigenvalue weighted by atomic mass is 16.2. The van der Waals surface area contributed by atoms with E-state index >= 15 is 0 Å². The Kier molecular flexibility index (Phi) is 3.44. The smallest absolute Gasteiger partial charge is 0.255 e. The number of likely N-dealkylation sites (N-methyl/N-ethyl adjacent to an activating group) is 1. The summed E-state index contributed by atoms with van der Waals surface area (Å²) < 4.78 is 1.92. The lowest BCUT2D eigenvalue weighted by Gasteiger charge is -2.34. The van der Waals surface area contributed by atoms with Gasteiger partial charge in [-0.3, -0.25) is 4.79 Å². The number of hydrogen-bond acceptors (Lipinski definition) is 3. The molecule has 2 aromatic rings. The van der Waals surface area contributed by atoms with Gasteiger partial charge in [0.2, 0.25) is 0 Å². The normalized spacial score (nSPS) is 16.8. The van der Waals surface area contributed by atoms with E-state index in [9.17, 15) is 4.79 Å². The van der Waals surface area contributed by atoms with Crippen molar-refractivity contribution in [3.05, 3.63) is 35.8 Å². The fraction of sp³-hybridized carbons (Fsp3) is 0.467. The van der Waals surface area contributed by atoms with Crippen molar-refractivity contribution in [2.45, 2.75) is 13.8 Å². The van der Waals surface area contributed by atoms with Crippen molar-refractivity contribution in [1.29, 1.82) is 0 Å². The second-order valence-corrected chi connectivity index (χ2v) is 5.29. The Balaban J connectivity index is 1.78. The van der Waals surface area contributed by atoms with Gasteiger partial charge in [0.1, 0.15) is 5.65 Å². The quantitative estimate of drug-likeness (QED) is 0.830. The molecule has 0 atom stereocenters. The van der Waals surface area contributed by atoms with Crippen LogP contribution in [0, 0.1) is 6.92 Å². The fourth-order valence-corrected chi connectivity index (χ4v) is 2.69. The molecular weight excluding hydrogens is 252 g/mol. The highest BCUT2D eigenvalue weighted by Crippen LogP contribution is 2.11. The molecule has 0 aliphatic carbocycles. The number of pyridine rings is 1. The highest BCUT2D eigenvalue weighted by Gasteiger charge is 2.21. The van der Waals surface area contributed by atoms with Crippen molar-refractivity contribution in [3.8, 4) is 0 Å². The van der Waals surface area contributed by atoms with Gasteiger partial charge >= 0.3 is 0 Å². The summed E-state index contributed by atoms with van der Waals surface area (Å²) >= 11 is 0. The minimum Gasteiger partial charge on any atom is -0.336 e. The molecule has 1 amide bonds. The number of amides is 1. The molecule has 0 saturated carbocycles. The summed E-state index contributed by atoms with van der Waals surface area (Å²) in [7, 11) is 0. The van der Waals surface area contributed by atoms with Gasteiger partial charge in [0.15, 0.2) is 0 Å². The Morgan fingerprint density at radius 2 is 1.95 bits per heavy atom. The maximum atomic E-state index is 12.5. The first kappa shape index (κ1) is 13.1. The predicted molar refractivity (Wildman–Crippen MR) is 77.9 cm³/mol.